The summed E-state index contributed by atoms with van der Waals surface area (Å²) >= 11 is 12.4. The number of aryl methyl sites for hydroxylation is 1. The molecule has 1 aliphatic rings. The molecule has 0 aliphatic carbocycles. The number of hydrogen-bond donors (Lipinski definition) is 1. The highest BCUT2D eigenvalue weighted by atomic mass is 35.5. The predicted octanol–water partition coefficient (Wildman–Crippen LogP) is 4.52. The van der Waals surface area contributed by atoms with Crippen LogP contribution in [0.5, 0.6) is 0 Å². The fourth-order valence-electron chi connectivity index (χ4n) is 3.44. The summed E-state index contributed by atoms with van der Waals surface area (Å²) < 4.78 is 30.5. The summed E-state index contributed by atoms with van der Waals surface area (Å²) in [7, 11) is -2.17. The Morgan fingerprint density at radius 3 is 2.52 bits per heavy atom. The van der Waals surface area contributed by atoms with Gasteiger partial charge in [-0.2, -0.15) is 0 Å². The molecule has 1 heterocycles. The Morgan fingerprint density at radius 1 is 1.16 bits per heavy atom. The van der Waals surface area contributed by atoms with E-state index in [4.69, 9.17) is 27.9 Å². The number of ether oxygens (including phenoxy) is 1. The molecule has 0 spiro atoms. The van der Waals surface area contributed by atoms with Crippen molar-refractivity contribution in [1.82, 2.24) is 0 Å². The van der Waals surface area contributed by atoms with Gasteiger partial charge in [-0.3, -0.25) is 9.10 Å². The van der Waals surface area contributed by atoms with Crippen molar-refractivity contribution in [1.29, 1.82) is 0 Å². The van der Waals surface area contributed by atoms with Gasteiger partial charge in [0.2, 0.25) is 10.0 Å². The lowest BCUT2D eigenvalue weighted by Gasteiger charge is -2.19. The largest absolute Gasteiger partial charge is 0.465 e. The minimum absolute atomic E-state index is 0.0115. The van der Waals surface area contributed by atoms with Crippen LogP contribution >= 0.6 is 23.2 Å². The molecule has 0 bridgehead atoms. The smallest absolute Gasteiger partial charge is 0.337 e. The summed E-state index contributed by atoms with van der Waals surface area (Å²) in [5.74, 6) is -1.06. The Hall–Kier alpha value is -2.29. The normalized spacial score (nSPS) is 15.0. The first-order chi connectivity index (χ1) is 14.7. The molecule has 7 nitrogen and oxygen atoms in total. The lowest BCUT2D eigenvalue weighted by atomic mass is 10.0. The van der Waals surface area contributed by atoms with Crippen molar-refractivity contribution in [3.8, 4) is 0 Å². The van der Waals surface area contributed by atoms with E-state index >= 15 is 0 Å². The Kier molecular flexibility index (Phi) is 7.13. The first-order valence-electron chi connectivity index (χ1n) is 9.69. The molecule has 1 aliphatic heterocycles. The standard InChI is InChI=1S/C21H22Cl2N2O5S/c1-3-5-13-8-14(21(27)30-2)10-15(9-13)24-20(26)17-11-16(12-18(22)19(17)23)25-6-4-7-31(25,28)29/h8-12H,3-7H2,1-2H3,(H,24,26). The maximum Gasteiger partial charge on any atom is 0.337 e. The van der Waals surface area contributed by atoms with Gasteiger partial charge in [0.25, 0.3) is 5.91 Å². The van der Waals surface area contributed by atoms with Gasteiger partial charge >= 0.3 is 5.97 Å². The zero-order valence-corrected chi connectivity index (χ0v) is 19.4. The van der Waals surface area contributed by atoms with E-state index in [1.165, 1.54) is 29.6 Å². The zero-order valence-electron chi connectivity index (χ0n) is 17.1. The highest BCUT2D eigenvalue weighted by molar-refractivity contribution is 7.93. The molecule has 1 saturated heterocycles. The van der Waals surface area contributed by atoms with Crippen molar-refractivity contribution >= 4 is 56.5 Å². The summed E-state index contributed by atoms with van der Waals surface area (Å²) in [5.41, 5.74) is 1.88. The van der Waals surface area contributed by atoms with E-state index in [2.05, 4.69) is 5.32 Å². The third-order valence-electron chi connectivity index (χ3n) is 4.86. The summed E-state index contributed by atoms with van der Waals surface area (Å²) in [6.45, 7) is 2.31. The van der Waals surface area contributed by atoms with Crippen LogP contribution in [0, 0.1) is 0 Å². The van der Waals surface area contributed by atoms with Gasteiger partial charge in [0, 0.05) is 12.2 Å². The minimum atomic E-state index is -3.45. The van der Waals surface area contributed by atoms with Crippen molar-refractivity contribution in [3.05, 3.63) is 57.1 Å². The average molecular weight is 485 g/mol. The summed E-state index contributed by atoms with van der Waals surface area (Å²) in [4.78, 5) is 25.0. The summed E-state index contributed by atoms with van der Waals surface area (Å²) in [5, 5.41) is 2.81. The lowest BCUT2D eigenvalue weighted by Crippen LogP contribution is -2.25. The number of benzene rings is 2. The first kappa shape index (κ1) is 23.4. The van der Waals surface area contributed by atoms with E-state index < -0.39 is 21.9 Å². The second-order valence-electron chi connectivity index (χ2n) is 7.15. The molecule has 1 amide bonds. The van der Waals surface area contributed by atoms with E-state index in [-0.39, 0.29) is 27.0 Å². The second kappa shape index (κ2) is 9.46. The molecule has 31 heavy (non-hydrogen) atoms. The number of carbonyl (C=O) groups is 2. The van der Waals surface area contributed by atoms with E-state index in [1.54, 1.807) is 12.1 Å². The quantitative estimate of drug-likeness (QED) is 0.608. The van der Waals surface area contributed by atoms with Gasteiger partial charge < -0.3 is 10.1 Å². The highest BCUT2D eigenvalue weighted by Crippen LogP contribution is 2.34. The lowest BCUT2D eigenvalue weighted by molar-refractivity contribution is 0.0600. The van der Waals surface area contributed by atoms with Crippen molar-refractivity contribution < 1.29 is 22.7 Å². The van der Waals surface area contributed by atoms with Gasteiger partial charge in [-0.15, -0.1) is 0 Å². The van der Waals surface area contributed by atoms with Gasteiger partial charge in [0.05, 0.1) is 39.7 Å². The highest BCUT2D eigenvalue weighted by Gasteiger charge is 2.30. The number of nitrogens with zero attached hydrogens (tertiary/aromatic N) is 1. The number of nitrogens with one attached hydrogen (secondary N) is 1. The van der Waals surface area contributed by atoms with Gasteiger partial charge in [0.1, 0.15) is 0 Å². The number of halogens is 2. The number of anilines is 2. The predicted molar refractivity (Wildman–Crippen MR) is 122 cm³/mol. The van der Waals surface area contributed by atoms with Crippen molar-refractivity contribution in [3.63, 3.8) is 0 Å². The fourth-order valence-corrected chi connectivity index (χ4v) is 5.40. The number of rotatable bonds is 6. The molecule has 0 saturated carbocycles. The van der Waals surface area contributed by atoms with Gasteiger partial charge in [-0.1, -0.05) is 36.5 Å². The maximum atomic E-state index is 13.0. The molecule has 166 valence electrons. The monoisotopic (exact) mass is 484 g/mol. The van der Waals surface area contributed by atoms with Crippen LogP contribution < -0.4 is 9.62 Å². The summed E-state index contributed by atoms with van der Waals surface area (Å²) in [6, 6.07) is 7.82. The number of amides is 1. The summed E-state index contributed by atoms with van der Waals surface area (Å²) in [6.07, 6.45) is 2.05. The van der Waals surface area contributed by atoms with Crippen LogP contribution in [0.3, 0.4) is 0 Å². The van der Waals surface area contributed by atoms with E-state index in [9.17, 15) is 18.0 Å². The molecule has 10 heteroatoms. The van der Waals surface area contributed by atoms with Crippen molar-refractivity contribution in [2.45, 2.75) is 26.2 Å². The molecule has 2 aromatic rings. The average Bonchev–Trinajstić information content (AvgIpc) is 3.08. The molecule has 3 rings (SSSR count). The number of esters is 1. The molecule has 0 radical (unpaired) electrons. The van der Waals surface area contributed by atoms with E-state index in [0.29, 0.717) is 30.6 Å². The number of sulfonamides is 1. The van der Waals surface area contributed by atoms with Crippen LogP contribution in [0.15, 0.2) is 30.3 Å². The van der Waals surface area contributed by atoms with E-state index in [1.807, 2.05) is 6.92 Å². The minimum Gasteiger partial charge on any atom is -0.465 e. The zero-order chi connectivity index (χ0) is 22.8. The Morgan fingerprint density at radius 2 is 1.90 bits per heavy atom. The third kappa shape index (κ3) is 5.14. The van der Waals surface area contributed by atoms with Crippen molar-refractivity contribution in [2.24, 2.45) is 0 Å². The van der Waals surface area contributed by atoms with Crippen LogP contribution in [0.25, 0.3) is 0 Å². The first-order valence-corrected chi connectivity index (χ1v) is 12.1. The van der Waals surface area contributed by atoms with Crippen LogP contribution in [0.2, 0.25) is 10.0 Å². The third-order valence-corrected chi connectivity index (χ3v) is 7.53. The molecular weight excluding hydrogens is 463 g/mol. The molecule has 2 aromatic carbocycles. The van der Waals surface area contributed by atoms with Crippen LogP contribution in [0.1, 0.15) is 46.0 Å². The number of hydrogen-bond acceptors (Lipinski definition) is 5. The second-order valence-corrected chi connectivity index (χ2v) is 9.94. The van der Waals surface area contributed by atoms with Gasteiger partial charge in [0.15, 0.2) is 0 Å². The molecule has 0 unspecified atom stereocenters. The topological polar surface area (TPSA) is 92.8 Å². The Labute approximate surface area is 191 Å². The van der Waals surface area contributed by atoms with E-state index in [0.717, 1.165) is 12.0 Å². The van der Waals surface area contributed by atoms with Crippen LogP contribution in [0.4, 0.5) is 11.4 Å². The number of carbonyl (C=O) groups excluding carboxylic acids is 2. The molecule has 1 N–H and O–H groups in total. The van der Waals surface area contributed by atoms with Gasteiger partial charge in [-0.25, -0.2) is 13.2 Å². The molecular formula is C21H22Cl2N2O5S. The Bertz CT molecular complexity index is 1130. The van der Waals surface area contributed by atoms with Crippen molar-refractivity contribution in [2.75, 3.05) is 29.0 Å². The van der Waals surface area contributed by atoms with Crippen LogP contribution in [-0.2, 0) is 21.2 Å². The fraction of sp³-hybridized carbons (Fsp3) is 0.333. The van der Waals surface area contributed by atoms with Crippen LogP contribution in [-0.4, -0.2) is 39.7 Å². The molecule has 0 aromatic heterocycles. The van der Waals surface area contributed by atoms with Gasteiger partial charge in [-0.05, 0) is 48.7 Å². The maximum absolute atomic E-state index is 13.0. The Balaban J connectivity index is 1.97. The SMILES string of the molecule is CCCc1cc(NC(=O)c2cc(N3CCCS3(=O)=O)cc(Cl)c2Cl)cc(C(=O)OC)c1. The molecule has 1 fully saturated rings. The number of methoxy groups -OCH3 is 1. The molecule has 0 atom stereocenters.